The smallest absolute Gasteiger partial charge is 0.0921 e. The Morgan fingerprint density at radius 2 is 1.56 bits per heavy atom. The average Bonchev–Trinajstić information content (AvgIpc) is 3.20. The Kier molecular flexibility index (Phi) is 11.6. The van der Waals surface area contributed by atoms with Crippen molar-refractivity contribution in [2.75, 3.05) is 47.1 Å². The van der Waals surface area contributed by atoms with Crippen LogP contribution in [0.5, 0.6) is 0 Å². The minimum atomic E-state index is 0.132. The van der Waals surface area contributed by atoms with Crippen molar-refractivity contribution in [2.24, 2.45) is 5.92 Å². The normalized spacial score (nSPS) is 26.6. The lowest BCUT2D eigenvalue weighted by atomic mass is 9.82. The van der Waals surface area contributed by atoms with Gasteiger partial charge in [-0.1, -0.05) is 49.2 Å². The Balaban J connectivity index is 0.00000205. The molecule has 5 nitrogen and oxygen atoms in total. The molecule has 0 saturated carbocycles. The van der Waals surface area contributed by atoms with Crippen molar-refractivity contribution in [3.8, 4) is 12.8 Å². The van der Waals surface area contributed by atoms with E-state index in [2.05, 4.69) is 91.7 Å². The molecule has 0 amide bonds. The van der Waals surface area contributed by atoms with Gasteiger partial charge in [-0.15, -0.1) is 12.8 Å². The number of fused-ring (bicyclic) bond motifs is 2. The van der Waals surface area contributed by atoms with Crippen molar-refractivity contribution in [3.63, 3.8) is 0 Å². The standard InChI is InChI=1S/C32H49N3O2.C2H2/c1-7-35-24-34-15-9-12-29(36-5)10-8-11-30(37-6)21-27(4)22-31(34)32(35)13-16-33(17-14-32)23-28-19-25(2)18-26(3)20-28;1-2/h11-12,18-20,22,27H,7-10,13-17,21,23-24H2,1-6H3;1-2H/b29-12+,30-11+,31-22-;. The number of likely N-dealkylation sites (N-methyl/N-ethyl adjacent to an activating group) is 1. The first-order chi connectivity index (χ1) is 18.9. The molecular formula is C34H51N3O2. The van der Waals surface area contributed by atoms with Gasteiger partial charge in [0.25, 0.3) is 0 Å². The minimum absolute atomic E-state index is 0.132. The monoisotopic (exact) mass is 533 g/mol. The second kappa shape index (κ2) is 14.6. The van der Waals surface area contributed by atoms with Crippen molar-refractivity contribution in [2.45, 2.75) is 78.3 Å². The number of hydrogen-bond acceptors (Lipinski definition) is 5. The van der Waals surface area contributed by atoms with E-state index < -0.39 is 0 Å². The maximum atomic E-state index is 5.78. The number of methoxy groups -OCH3 is 2. The van der Waals surface area contributed by atoms with Crippen LogP contribution in [0.2, 0.25) is 0 Å². The Bertz CT molecular complexity index is 1030. The number of allylic oxidation sites excluding steroid dienone is 4. The Morgan fingerprint density at radius 3 is 2.18 bits per heavy atom. The van der Waals surface area contributed by atoms with E-state index in [9.17, 15) is 0 Å². The third-order valence-corrected chi connectivity index (χ3v) is 8.54. The molecule has 39 heavy (non-hydrogen) atoms. The average molecular weight is 534 g/mol. The number of rotatable bonds is 5. The fourth-order valence-electron chi connectivity index (χ4n) is 6.74. The Morgan fingerprint density at radius 1 is 0.923 bits per heavy atom. The van der Waals surface area contributed by atoms with Gasteiger partial charge < -0.3 is 14.4 Å². The lowest BCUT2D eigenvalue weighted by Crippen LogP contribution is -2.52. The van der Waals surface area contributed by atoms with Gasteiger partial charge in [-0.25, -0.2) is 0 Å². The van der Waals surface area contributed by atoms with Crippen molar-refractivity contribution >= 4 is 0 Å². The fraction of sp³-hybridized carbons (Fsp3) is 0.588. The van der Waals surface area contributed by atoms with E-state index in [1.807, 2.05) is 7.11 Å². The molecule has 2 saturated heterocycles. The first kappa shape index (κ1) is 30.9. The van der Waals surface area contributed by atoms with Gasteiger partial charge in [-0.3, -0.25) is 9.80 Å². The summed E-state index contributed by atoms with van der Waals surface area (Å²) in [7, 11) is 3.61. The number of likely N-dealkylation sites (tertiary alicyclic amines) is 1. The van der Waals surface area contributed by atoms with E-state index in [0.717, 1.165) is 76.6 Å². The van der Waals surface area contributed by atoms with Crippen LogP contribution in [0.25, 0.3) is 0 Å². The number of benzene rings is 1. The van der Waals surface area contributed by atoms with Gasteiger partial charge in [0.1, 0.15) is 0 Å². The highest BCUT2D eigenvalue weighted by atomic mass is 16.5. The summed E-state index contributed by atoms with van der Waals surface area (Å²) >= 11 is 0. The number of piperidine rings is 1. The van der Waals surface area contributed by atoms with Gasteiger partial charge in [0.15, 0.2) is 0 Å². The topological polar surface area (TPSA) is 28.2 Å². The molecule has 3 aliphatic heterocycles. The first-order valence-electron chi connectivity index (χ1n) is 14.7. The molecule has 2 fully saturated rings. The van der Waals surface area contributed by atoms with Crippen LogP contribution in [-0.4, -0.2) is 67.3 Å². The van der Waals surface area contributed by atoms with Gasteiger partial charge in [-0.05, 0) is 69.7 Å². The summed E-state index contributed by atoms with van der Waals surface area (Å²) in [6.45, 7) is 15.6. The maximum Gasteiger partial charge on any atom is 0.0921 e. The summed E-state index contributed by atoms with van der Waals surface area (Å²) in [6, 6.07) is 6.99. The lowest BCUT2D eigenvalue weighted by molar-refractivity contribution is 0.0720. The number of nitrogens with zero attached hydrogens (tertiary/aromatic N) is 3. The summed E-state index contributed by atoms with van der Waals surface area (Å²) in [4.78, 5) is 8.08. The molecule has 1 spiro atoms. The van der Waals surface area contributed by atoms with E-state index in [1.54, 1.807) is 12.8 Å². The van der Waals surface area contributed by atoms with E-state index in [4.69, 9.17) is 9.47 Å². The molecule has 0 aromatic heterocycles. The van der Waals surface area contributed by atoms with Crippen LogP contribution < -0.4 is 0 Å². The molecule has 0 radical (unpaired) electrons. The number of terminal acetylenes is 1. The largest absolute Gasteiger partial charge is 0.501 e. The lowest BCUT2D eigenvalue weighted by Gasteiger charge is -2.45. The molecule has 3 aliphatic rings. The zero-order valence-corrected chi connectivity index (χ0v) is 25.3. The SMILES string of the molecule is C#C.CCN1CN2CC/C=C(/OC)CC/C=C(/OC)CC(C)/C=C\2C12CCN(Cc1cc(C)cc(C)c1)CC2. The molecular weight excluding hydrogens is 482 g/mol. The van der Waals surface area contributed by atoms with E-state index in [1.165, 1.54) is 29.5 Å². The van der Waals surface area contributed by atoms with Gasteiger partial charge >= 0.3 is 0 Å². The van der Waals surface area contributed by atoms with Crippen LogP contribution in [0.1, 0.15) is 69.1 Å². The quantitative estimate of drug-likeness (QED) is 0.396. The predicted octanol–water partition coefficient (Wildman–Crippen LogP) is 6.64. The molecule has 3 heterocycles. The Hall–Kier alpha value is -2.68. The van der Waals surface area contributed by atoms with E-state index >= 15 is 0 Å². The van der Waals surface area contributed by atoms with Crippen molar-refractivity contribution in [3.05, 3.63) is 70.3 Å². The van der Waals surface area contributed by atoms with Crippen molar-refractivity contribution in [1.82, 2.24) is 14.7 Å². The third kappa shape index (κ3) is 7.71. The van der Waals surface area contributed by atoms with E-state index in [-0.39, 0.29) is 5.54 Å². The second-order valence-corrected chi connectivity index (χ2v) is 11.4. The van der Waals surface area contributed by atoms with Gasteiger partial charge in [0.05, 0.1) is 37.9 Å². The summed E-state index contributed by atoms with van der Waals surface area (Å²) < 4.78 is 11.5. The third-order valence-electron chi connectivity index (χ3n) is 8.54. The van der Waals surface area contributed by atoms with Gasteiger partial charge in [0, 0.05) is 44.7 Å². The molecule has 0 N–H and O–H groups in total. The molecule has 4 rings (SSSR count). The van der Waals surface area contributed by atoms with Gasteiger partial charge in [-0.2, -0.15) is 0 Å². The molecule has 1 unspecified atom stereocenters. The maximum absolute atomic E-state index is 5.78. The van der Waals surface area contributed by atoms with Crippen LogP contribution >= 0.6 is 0 Å². The number of hydrogen-bond donors (Lipinski definition) is 0. The Labute approximate surface area is 238 Å². The van der Waals surface area contributed by atoms with Crippen molar-refractivity contribution in [1.29, 1.82) is 0 Å². The zero-order chi connectivity index (χ0) is 28.4. The zero-order valence-electron chi connectivity index (χ0n) is 25.3. The highest BCUT2D eigenvalue weighted by molar-refractivity contribution is 5.30. The van der Waals surface area contributed by atoms with Crippen LogP contribution in [0, 0.1) is 32.6 Å². The molecule has 1 aromatic carbocycles. The highest BCUT2D eigenvalue weighted by Gasteiger charge is 2.49. The summed E-state index contributed by atoms with van der Waals surface area (Å²) in [6.07, 6.45) is 21.4. The summed E-state index contributed by atoms with van der Waals surface area (Å²) in [5.74, 6) is 2.61. The molecule has 0 aliphatic carbocycles. The summed E-state index contributed by atoms with van der Waals surface area (Å²) in [5, 5.41) is 0. The van der Waals surface area contributed by atoms with Crippen molar-refractivity contribution < 1.29 is 9.47 Å². The number of ether oxygens (including phenoxy) is 2. The fourth-order valence-corrected chi connectivity index (χ4v) is 6.74. The van der Waals surface area contributed by atoms with E-state index in [0.29, 0.717) is 5.92 Å². The first-order valence-corrected chi connectivity index (χ1v) is 14.7. The minimum Gasteiger partial charge on any atom is -0.501 e. The highest BCUT2D eigenvalue weighted by Crippen LogP contribution is 2.44. The van der Waals surface area contributed by atoms with Crippen LogP contribution in [0.4, 0.5) is 0 Å². The molecule has 0 bridgehead atoms. The molecule has 214 valence electrons. The predicted molar refractivity (Wildman–Crippen MR) is 163 cm³/mol. The van der Waals surface area contributed by atoms with Crippen LogP contribution in [-0.2, 0) is 16.0 Å². The number of aryl methyl sites for hydroxylation is 2. The summed E-state index contributed by atoms with van der Waals surface area (Å²) in [5.41, 5.74) is 5.86. The van der Waals surface area contributed by atoms with Crippen LogP contribution in [0.3, 0.4) is 0 Å². The molecule has 1 aromatic rings. The second-order valence-electron chi connectivity index (χ2n) is 11.4. The van der Waals surface area contributed by atoms with Gasteiger partial charge in [0.2, 0.25) is 0 Å². The van der Waals surface area contributed by atoms with Crippen LogP contribution in [0.15, 0.2) is 53.6 Å². The molecule has 5 heteroatoms. The molecule has 1 atom stereocenters.